The standard InChI is InChI=1S/C22H26N2O4S/c1-15(2)20(29-14-16-8-5-4-6-9-16)22(27)24-18-11-7-10-17(12-18)21(26)23-13-19(25)28-3/h4-12,15,20H,13-14H2,1-3H3,(H,23,26)(H,24,27). The Bertz CT molecular complexity index is 840. The number of esters is 1. The summed E-state index contributed by atoms with van der Waals surface area (Å²) in [6, 6.07) is 16.6. The molecule has 0 spiro atoms. The lowest BCUT2D eigenvalue weighted by Gasteiger charge is -2.20. The first-order chi connectivity index (χ1) is 13.9. The maximum absolute atomic E-state index is 12.8. The maximum atomic E-state index is 12.8. The van der Waals surface area contributed by atoms with Gasteiger partial charge in [0.1, 0.15) is 6.54 Å². The van der Waals surface area contributed by atoms with Gasteiger partial charge in [-0.2, -0.15) is 0 Å². The summed E-state index contributed by atoms with van der Waals surface area (Å²) in [6.45, 7) is 3.81. The Hall–Kier alpha value is -2.80. The van der Waals surface area contributed by atoms with Gasteiger partial charge in [-0.1, -0.05) is 50.2 Å². The Morgan fingerprint density at radius 2 is 1.76 bits per heavy atom. The van der Waals surface area contributed by atoms with Crippen LogP contribution in [-0.2, 0) is 20.1 Å². The molecule has 7 heteroatoms. The van der Waals surface area contributed by atoms with Crippen LogP contribution in [0.5, 0.6) is 0 Å². The summed E-state index contributed by atoms with van der Waals surface area (Å²) >= 11 is 1.59. The third-order valence-electron chi connectivity index (χ3n) is 4.15. The number of hydrogen-bond donors (Lipinski definition) is 2. The average molecular weight is 415 g/mol. The second kappa shape index (κ2) is 11.3. The van der Waals surface area contributed by atoms with Gasteiger partial charge in [-0.05, 0) is 29.7 Å². The Labute approximate surface area is 175 Å². The Kier molecular flexibility index (Phi) is 8.73. The number of benzene rings is 2. The van der Waals surface area contributed by atoms with Gasteiger partial charge < -0.3 is 15.4 Å². The molecule has 0 aliphatic heterocycles. The van der Waals surface area contributed by atoms with Crippen molar-refractivity contribution in [2.45, 2.75) is 24.9 Å². The molecule has 0 aliphatic carbocycles. The first kappa shape index (κ1) is 22.5. The van der Waals surface area contributed by atoms with E-state index in [0.29, 0.717) is 11.3 Å². The van der Waals surface area contributed by atoms with Crippen LogP contribution in [0.1, 0.15) is 29.8 Å². The molecular formula is C22H26N2O4S. The lowest BCUT2D eigenvalue weighted by Crippen LogP contribution is -2.31. The van der Waals surface area contributed by atoms with E-state index >= 15 is 0 Å². The fourth-order valence-corrected chi connectivity index (χ4v) is 3.77. The maximum Gasteiger partial charge on any atom is 0.325 e. The fraction of sp³-hybridized carbons (Fsp3) is 0.318. The van der Waals surface area contributed by atoms with Crippen molar-refractivity contribution in [1.82, 2.24) is 5.32 Å². The molecule has 0 saturated heterocycles. The monoisotopic (exact) mass is 414 g/mol. The van der Waals surface area contributed by atoms with Crippen molar-refractivity contribution in [2.75, 3.05) is 19.0 Å². The average Bonchev–Trinajstić information content (AvgIpc) is 2.72. The van der Waals surface area contributed by atoms with Gasteiger partial charge in [-0.3, -0.25) is 14.4 Å². The Balaban J connectivity index is 2.00. The van der Waals surface area contributed by atoms with Crippen LogP contribution in [0.2, 0.25) is 0 Å². The van der Waals surface area contributed by atoms with Crippen molar-refractivity contribution >= 4 is 35.2 Å². The predicted octanol–water partition coefficient (Wildman–Crippen LogP) is 3.49. The van der Waals surface area contributed by atoms with Crippen LogP contribution >= 0.6 is 11.8 Å². The van der Waals surface area contributed by atoms with Crippen LogP contribution in [0.15, 0.2) is 54.6 Å². The highest BCUT2D eigenvalue weighted by molar-refractivity contribution is 7.99. The predicted molar refractivity (Wildman–Crippen MR) is 116 cm³/mol. The van der Waals surface area contributed by atoms with E-state index < -0.39 is 11.9 Å². The molecule has 0 saturated carbocycles. The molecule has 154 valence electrons. The van der Waals surface area contributed by atoms with Gasteiger partial charge in [0.05, 0.1) is 12.4 Å². The highest BCUT2D eigenvalue weighted by Crippen LogP contribution is 2.25. The molecular weight excluding hydrogens is 388 g/mol. The van der Waals surface area contributed by atoms with Gasteiger partial charge in [0.25, 0.3) is 5.91 Å². The summed E-state index contributed by atoms with van der Waals surface area (Å²) < 4.78 is 4.50. The minimum absolute atomic E-state index is 0.104. The number of amides is 2. The number of methoxy groups -OCH3 is 1. The lowest BCUT2D eigenvalue weighted by molar-refractivity contribution is -0.139. The number of rotatable bonds is 9. The topological polar surface area (TPSA) is 84.5 Å². The van der Waals surface area contributed by atoms with E-state index in [1.54, 1.807) is 36.0 Å². The molecule has 2 aromatic carbocycles. The largest absolute Gasteiger partial charge is 0.468 e. The molecule has 6 nitrogen and oxygen atoms in total. The summed E-state index contributed by atoms with van der Waals surface area (Å²) in [6.07, 6.45) is 0. The minimum atomic E-state index is -0.530. The van der Waals surface area contributed by atoms with Crippen LogP contribution < -0.4 is 10.6 Å². The quantitative estimate of drug-likeness (QED) is 0.614. The summed E-state index contributed by atoms with van der Waals surface area (Å²) in [4.78, 5) is 36.2. The third-order valence-corrected chi connectivity index (χ3v) is 5.77. The van der Waals surface area contributed by atoms with Crippen molar-refractivity contribution in [3.63, 3.8) is 0 Å². The number of hydrogen-bond acceptors (Lipinski definition) is 5. The molecule has 0 radical (unpaired) electrons. The second-order valence-electron chi connectivity index (χ2n) is 6.79. The Morgan fingerprint density at radius 3 is 2.41 bits per heavy atom. The van der Waals surface area contributed by atoms with Crippen LogP contribution in [0.4, 0.5) is 5.69 Å². The first-order valence-corrected chi connectivity index (χ1v) is 10.4. The molecule has 2 N–H and O–H groups in total. The van der Waals surface area contributed by atoms with E-state index in [1.165, 1.54) is 12.7 Å². The molecule has 0 bridgehead atoms. The summed E-state index contributed by atoms with van der Waals surface area (Å²) in [5.74, 6) is -0.153. The molecule has 0 aliphatic rings. The molecule has 0 heterocycles. The van der Waals surface area contributed by atoms with Crippen molar-refractivity contribution in [3.05, 3.63) is 65.7 Å². The van der Waals surface area contributed by atoms with Crippen LogP contribution in [0, 0.1) is 5.92 Å². The molecule has 2 aromatic rings. The fourth-order valence-electron chi connectivity index (χ4n) is 2.61. The zero-order chi connectivity index (χ0) is 21.2. The van der Waals surface area contributed by atoms with E-state index in [0.717, 1.165) is 5.75 Å². The first-order valence-electron chi connectivity index (χ1n) is 9.32. The molecule has 1 atom stereocenters. The third kappa shape index (κ3) is 7.27. The zero-order valence-electron chi connectivity index (χ0n) is 16.8. The molecule has 0 fully saturated rings. The molecule has 2 rings (SSSR count). The smallest absolute Gasteiger partial charge is 0.325 e. The van der Waals surface area contributed by atoms with Gasteiger partial charge in [-0.25, -0.2) is 0 Å². The SMILES string of the molecule is COC(=O)CNC(=O)c1cccc(NC(=O)C(SCc2ccccc2)C(C)C)c1. The molecule has 2 amide bonds. The van der Waals surface area contributed by atoms with Crippen molar-refractivity contribution in [2.24, 2.45) is 5.92 Å². The zero-order valence-corrected chi connectivity index (χ0v) is 17.6. The van der Waals surface area contributed by atoms with Crippen LogP contribution in [-0.4, -0.2) is 36.7 Å². The highest BCUT2D eigenvalue weighted by Gasteiger charge is 2.23. The van der Waals surface area contributed by atoms with Gasteiger partial charge in [0.15, 0.2) is 0 Å². The minimum Gasteiger partial charge on any atom is -0.468 e. The van der Waals surface area contributed by atoms with Crippen molar-refractivity contribution in [3.8, 4) is 0 Å². The molecule has 29 heavy (non-hydrogen) atoms. The summed E-state index contributed by atoms with van der Waals surface area (Å²) in [5.41, 5.74) is 2.05. The van der Waals surface area contributed by atoms with Gasteiger partial charge in [-0.15, -0.1) is 11.8 Å². The van der Waals surface area contributed by atoms with Gasteiger partial charge in [0.2, 0.25) is 5.91 Å². The molecule has 0 aromatic heterocycles. The van der Waals surface area contributed by atoms with E-state index in [4.69, 9.17) is 0 Å². The number of nitrogens with one attached hydrogen (secondary N) is 2. The van der Waals surface area contributed by atoms with Crippen molar-refractivity contribution < 1.29 is 19.1 Å². The molecule has 1 unspecified atom stereocenters. The van der Waals surface area contributed by atoms with Crippen molar-refractivity contribution in [1.29, 1.82) is 0 Å². The Morgan fingerprint density at radius 1 is 1.03 bits per heavy atom. The number of ether oxygens (including phenoxy) is 1. The van der Waals surface area contributed by atoms with E-state index in [2.05, 4.69) is 15.4 Å². The number of carbonyl (C=O) groups excluding carboxylic acids is 3. The highest BCUT2D eigenvalue weighted by atomic mass is 32.2. The van der Waals surface area contributed by atoms with Gasteiger partial charge >= 0.3 is 5.97 Å². The lowest BCUT2D eigenvalue weighted by atomic mass is 10.1. The van der Waals surface area contributed by atoms with E-state index in [-0.39, 0.29) is 23.6 Å². The summed E-state index contributed by atoms with van der Waals surface area (Å²) in [5, 5.41) is 5.15. The summed E-state index contributed by atoms with van der Waals surface area (Å²) in [7, 11) is 1.26. The van der Waals surface area contributed by atoms with Gasteiger partial charge in [0, 0.05) is 17.0 Å². The second-order valence-corrected chi connectivity index (χ2v) is 7.92. The number of thioether (sulfide) groups is 1. The van der Waals surface area contributed by atoms with E-state index in [9.17, 15) is 14.4 Å². The number of anilines is 1. The number of carbonyl (C=O) groups is 3. The normalized spacial score (nSPS) is 11.6. The van der Waals surface area contributed by atoms with E-state index in [1.807, 2.05) is 44.2 Å². The van der Waals surface area contributed by atoms with Crippen LogP contribution in [0.25, 0.3) is 0 Å². The van der Waals surface area contributed by atoms with Crippen LogP contribution in [0.3, 0.4) is 0 Å².